The Balaban J connectivity index is 1.75. The van der Waals surface area contributed by atoms with E-state index >= 15 is 0 Å². The van der Waals surface area contributed by atoms with Crippen molar-refractivity contribution in [2.24, 2.45) is 5.41 Å². The van der Waals surface area contributed by atoms with Crippen molar-refractivity contribution < 1.29 is 13.2 Å². The number of hydrogen-bond acceptors (Lipinski definition) is 3. The van der Waals surface area contributed by atoms with Gasteiger partial charge in [-0.2, -0.15) is 4.31 Å². The highest BCUT2D eigenvalue weighted by molar-refractivity contribution is 9.10. The van der Waals surface area contributed by atoms with E-state index in [1.54, 1.807) is 17.0 Å². The van der Waals surface area contributed by atoms with Crippen LogP contribution in [-0.2, 0) is 14.8 Å². The normalized spacial score (nSPS) is 19.0. The number of sulfonamides is 1. The molecule has 1 heterocycles. The van der Waals surface area contributed by atoms with Gasteiger partial charge in [-0.1, -0.05) is 60.1 Å². The van der Waals surface area contributed by atoms with Gasteiger partial charge in [0.05, 0.1) is 17.5 Å². The van der Waals surface area contributed by atoms with Gasteiger partial charge >= 0.3 is 0 Å². The van der Waals surface area contributed by atoms with E-state index in [1.165, 1.54) is 19.2 Å². The molecule has 1 fully saturated rings. The number of halogens is 1. The second kappa shape index (κ2) is 7.37. The average molecular weight is 451 g/mol. The fourth-order valence-electron chi connectivity index (χ4n) is 3.58. The molecule has 1 saturated heterocycles. The number of amides is 1. The molecular formula is C20H23BrN2O3S. The highest BCUT2D eigenvalue weighted by Gasteiger charge is 2.48. The third kappa shape index (κ3) is 3.95. The molecule has 3 rings (SSSR count). The van der Waals surface area contributed by atoms with E-state index < -0.39 is 10.0 Å². The Labute approximate surface area is 169 Å². The Morgan fingerprint density at radius 3 is 2.30 bits per heavy atom. The molecule has 1 atom stereocenters. The summed E-state index contributed by atoms with van der Waals surface area (Å²) < 4.78 is 27.4. The smallest absolute Gasteiger partial charge is 0.243 e. The molecule has 2 aromatic rings. The van der Waals surface area contributed by atoms with Crippen LogP contribution < -0.4 is 0 Å². The van der Waals surface area contributed by atoms with Crippen LogP contribution in [-0.4, -0.2) is 43.7 Å². The van der Waals surface area contributed by atoms with Gasteiger partial charge in [0.2, 0.25) is 15.9 Å². The molecule has 0 bridgehead atoms. The molecule has 1 amide bonds. The number of hydrogen-bond donors (Lipinski definition) is 0. The quantitative estimate of drug-likeness (QED) is 0.697. The summed E-state index contributed by atoms with van der Waals surface area (Å²) in [6, 6.07) is 16.2. The second-order valence-corrected chi connectivity index (χ2v) is 10.5. The molecule has 1 unspecified atom stereocenters. The van der Waals surface area contributed by atoms with E-state index in [1.807, 2.05) is 30.3 Å². The monoisotopic (exact) mass is 450 g/mol. The van der Waals surface area contributed by atoms with Crippen LogP contribution in [0, 0.1) is 5.41 Å². The maximum atomic E-state index is 12.9. The molecule has 1 aliphatic heterocycles. The molecule has 0 radical (unpaired) electrons. The molecule has 5 nitrogen and oxygen atoms in total. The largest absolute Gasteiger partial charge is 0.333 e. The molecule has 0 aliphatic carbocycles. The predicted molar refractivity (Wildman–Crippen MR) is 109 cm³/mol. The topological polar surface area (TPSA) is 57.7 Å². The standard InChI is InChI=1S/C20H23BrN2O3S/c1-20(2)14-23(19(20)15-7-5-4-6-8-15)18(24)13-22(3)27(25,26)17-11-9-16(21)10-12-17/h4-12,19H,13-14H2,1-3H3. The summed E-state index contributed by atoms with van der Waals surface area (Å²) in [5, 5.41) is 0. The van der Waals surface area contributed by atoms with Gasteiger partial charge in [0.25, 0.3) is 0 Å². The summed E-state index contributed by atoms with van der Waals surface area (Å²) in [6.45, 7) is 4.67. The lowest BCUT2D eigenvalue weighted by molar-refractivity contribution is -0.152. The zero-order valence-electron chi connectivity index (χ0n) is 15.6. The van der Waals surface area contributed by atoms with Gasteiger partial charge in [0.1, 0.15) is 0 Å². The Kier molecular flexibility index (Phi) is 5.47. The Bertz CT molecular complexity index is 927. The minimum atomic E-state index is -3.71. The first-order chi connectivity index (χ1) is 12.6. The number of likely N-dealkylation sites (N-methyl/N-ethyl adjacent to an activating group) is 1. The molecule has 0 saturated carbocycles. The minimum absolute atomic E-state index is 0.0415. The van der Waals surface area contributed by atoms with E-state index in [9.17, 15) is 13.2 Å². The summed E-state index contributed by atoms with van der Waals surface area (Å²) in [7, 11) is -2.27. The van der Waals surface area contributed by atoms with Crippen LogP contribution in [0.1, 0.15) is 25.5 Å². The molecule has 27 heavy (non-hydrogen) atoms. The third-order valence-corrected chi connectivity index (χ3v) is 7.29. The van der Waals surface area contributed by atoms with Crippen molar-refractivity contribution in [1.29, 1.82) is 0 Å². The predicted octanol–water partition coefficient (Wildman–Crippen LogP) is 3.68. The first-order valence-electron chi connectivity index (χ1n) is 8.69. The van der Waals surface area contributed by atoms with E-state index in [0.717, 1.165) is 14.3 Å². The van der Waals surface area contributed by atoms with Gasteiger partial charge in [0.15, 0.2) is 0 Å². The number of carbonyl (C=O) groups is 1. The molecule has 0 spiro atoms. The van der Waals surface area contributed by atoms with Crippen LogP contribution >= 0.6 is 15.9 Å². The zero-order chi connectivity index (χ0) is 19.8. The SMILES string of the molecule is CN(CC(=O)N1CC(C)(C)C1c1ccccc1)S(=O)(=O)c1ccc(Br)cc1. The van der Waals surface area contributed by atoms with Gasteiger partial charge in [0, 0.05) is 23.5 Å². The molecule has 0 aromatic heterocycles. The van der Waals surface area contributed by atoms with Gasteiger partial charge in [-0.15, -0.1) is 0 Å². The summed E-state index contributed by atoms with van der Waals surface area (Å²) in [5.41, 5.74) is 1.03. The highest BCUT2D eigenvalue weighted by Crippen LogP contribution is 2.48. The Hall–Kier alpha value is -1.70. The zero-order valence-corrected chi connectivity index (χ0v) is 18.0. The van der Waals surface area contributed by atoms with Crippen LogP contribution in [0.4, 0.5) is 0 Å². The highest BCUT2D eigenvalue weighted by atomic mass is 79.9. The first-order valence-corrected chi connectivity index (χ1v) is 10.9. The molecular weight excluding hydrogens is 428 g/mol. The molecule has 0 N–H and O–H groups in total. The van der Waals surface area contributed by atoms with Crippen molar-refractivity contribution in [3.63, 3.8) is 0 Å². The van der Waals surface area contributed by atoms with Crippen molar-refractivity contribution in [2.45, 2.75) is 24.8 Å². The van der Waals surface area contributed by atoms with Crippen LogP contribution in [0.15, 0.2) is 64.0 Å². The lowest BCUT2D eigenvalue weighted by Gasteiger charge is -2.54. The number of nitrogens with zero attached hydrogens (tertiary/aromatic N) is 2. The first kappa shape index (κ1) is 20.0. The van der Waals surface area contributed by atoms with Crippen LogP contribution in [0.2, 0.25) is 0 Å². The second-order valence-electron chi connectivity index (χ2n) is 7.54. The maximum absolute atomic E-state index is 12.9. The molecule has 1 aliphatic rings. The Morgan fingerprint density at radius 1 is 1.15 bits per heavy atom. The molecule has 2 aromatic carbocycles. The lowest BCUT2D eigenvalue weighted by atomic mass is 9.71. The number of benzene rings is 2. The van der Waals surface area contributed by atoms with E-state index in [-0.39, 0.29) is 28.8 Å². The van der Waals surface area contributed by atoms with E-state index in [0.29, 0.717) is 6.54 Å². The van der Waals surface area contributed by atoms with Crippen LogP contribution in [0.5, 0.6) is 0 Å². The van der Waals surface area contributed by atoms with Crippen molar-refractivity contribution in [3.05, 3.63) is 64.6 Å². The van der Waals surface area contributed by atoms with Crippen LogP contribution in [0.25, 0.3) is 0 Å². The number of carbonyl (C=O) groups excluding carboxylic acids is 1. The van der Waals surface area contributed by atoms with Gasteiger partial charge in [-0.3, -0.25) is 4.79 Å². The summed E-state index contributed by atoms with van der Waals surface area (Å²) >= 11 is 3.30. The van der Waals surface area contributed by atoms with Gasteiger partial charge in [-0.25, -0.2) is 8.42 Å². The van der Waals surface area contributed by atoms with Gasteiger partial charge < -0.3 is 4.90 Å². The fourth-order valence-corrected chi connectivity index (χ4v) is 4.96. The van der Waals surface area contributed by atoms with Crippen LogP contribution in [0.3, 0.4) is 0 Å². The van der Waals surface area contributed by atoms with E-state index in [4.69, 9.17) is 0 Å². The number of rotatable bonds is 5. The van der Waals surface area contributed by atoms with Crippen molar-refractivity contribution in [2.75, 3.05) is 20.1 Å². The maximum Gasteiger partial charge on any atom is 0.243 e. The van der Waals surface area contributed by atoms with Crippen molar-refractivity contribution >= 4 is 31.9 Å². The average Bonchev–Trinajstić information content (AvgIpc) is 2.61. The fraction of sp³-hybridized carbons (Fsp3) is 0.350. The summed E-state index contributed by atoms with van der Waals surface area (Å²) in [4.78, 5) is 14.8. The molecule has 7 heteroatoms. The van der Waals surface area contributed by atoms with E-state index in [2.05, 4.69) is 29.8 Å². The van der Waals surface area contributed by atoms with Crippen molar-refractivity contribution in [3.8, 4) is 0 Å². The number of likely N-dealkylation sites (tertiary alicyclic amines) is 1. The minimum Gasteiger partial charge on any atom is -0.333 e. The lowest BCUT2D eigenvalue weighted by Crippen LogP contribution is -2.59. The van der Waals surface area contributed by atoms with Gasteiger partial charge in [-0.05, 0) is 29.8 Å². The van der Waals surface area contributed by atoms with Crippen molar-refractivity contribution in [1.82, 2.24) is 9.21 Å². The molecule has 144 valence electrons. The third-order valence-electron chi connectivity index (χ3n) is 4.95. The Morgan fingerprint density at radius 2 is 1.74 bits per heavy atom. The summed E-state index contributed by atoms with van der Waals surface area (Å²) in [5.74, 6) is -0.189. The summed E-state index contributed by atoms with van der Waals surface area (Å²) in [6.07, 6.45) is 0.